The number of carboxylic acids is 1. The summed E-state index contributed by atoms with van der Waals surface area (Å²) >= 11 is 0. The Balaban J connectivity index is 2.37. The van der Waals surface area contributed by atoms with Gasteiger partial charge in [-0.2, -0.15) is 0 Å². The Morgan fingerprint density at radius 1 is 0.574 bits per heavy atom. The van der Waals surface area contributed by atoms with E-state index in [9.17, 15) is 43.5 Å². The van der Waals surface area contributed by atoms with E-state index in [0.717, 1.165) is 0 Å². The van der Waals surface area contributed by atoms with Gasteiger partial charge in [-0.25, -0.2) is 4.79 Å². The van der Waals surface area contributed by atoms with Crippen molar-refractivity contribution in [3.05, 3.63) is 71.8 Å². The van der Waals surface area contributed by atoms with E-state index < -0.39 is 95.5 Å². The monoisotopic (exact) mass is 851 g/mol. The standard InChI is InChI=1S/C43H65N9O9/c1-25(2)22-32(49-38(55)30(45)18-12-13-21-44)41(58)52-36(26(3)4)42(59)51-34(24-29-16-10-7-11-17-29)40(57)50-33(23-28-14-8-6-9-15-28)39(56)47-27(5)37(54)48-31(43(60)61)19-20-35(46)53/h6-11,14-17,25-27,30-34,36H,12-13,18-24,44-45H2,1-5H3,(H2,46,53)(H,47,56)(H,48,54)(H,49,55)(H,50,57)(H,51,59)(H,52,58)(H,60,61)/t27-,30-,31-,32-,33-,34-,36-/m1/s1. The summed E-state index contributed by atoms with van der Waals surface area (Å²) in [5.74, 6) is -6.81. The molecule has 13 N–H and O–H groups in total. The Hall–Kier alpha value is -5.88. The number of benzene rings is 2. The fourth-order valence-corrected chi connectivity index (χ4v) is 6.28. The van der Waals surface area contributed by atoms with Gasteiger partial charge in [-0.15, -0.1) is 0 Å². The zero-order valence-electron chi connectivity index (χ0n) is 35.8. The lowest BCUT2D eigenvalue weighted by Crippen LogP contribution is -2.61. The number of nitrogens with one attached hydrogen (secondary N) is 6. The second kappa shape index (κ2) is 26.4. The fraction of sp³-hybridized carbons (Fsp3) is 0.535. The molecular weight excluding hydrogens is 787 g/mol. The zero-order chi connectivity index (χ0) is 45.6. The van der Waals surface area contributed by atoms with Crippen molar-refractivity contribution in [2.45, 2.75) is 128 Å². The van der Waals surface area contributed by atoms with E-state index in [2.05, 4.69) is 31.9 Å². The number of carbonyl (C=O) groups excluding carboxylic acids is 7. The van der Waals surface area contributed by atoms with Crippen LogP contribution in [0.5, 0.6) is 0 Å². The molecule has 0 fully saturated rings. The number of carboxylic acid groups (broad SMARTS) is 1. The normalized spacial score (nSPS) is 14.6. The van der Waals surface area contributed by atoms with E-state index in [1.165, 1.54) is 6.92 Å². The Bertz CT molecular complexity index is 1760. The average Bonchev–Trinajstić information content (AvgIpc) is 3.20. The van der Waals surface area contributed by atoms with Crippen molar-refractivity contribution in [2.24, 2.45) is 29.0 Å². The molecule has 0 saturated heterocycles. The smallest absolute Gasteiger partial charge is 0.326 e. The number of hydrogen-bond donors (Lipinski definition) is 10. The van der Waals surface area contributed by atoms with Gasteiger partial charge in [0.05, 0.1) is 6.04 Å². The summed E-state index contributed by atoms with van der Waals surface area (Å²) in [6.45, 7) is 9.00. The molecule has 0 heterocycles. The summed E-state index contributed by atoms with van der Waals surface area (Å²) in [4.78, 5) is 105. The Morgan fingerprint density at radius 2 is 1.05 bits per heavy atom. The molecule has 0 unspecified atom stereocenters. The summed E-state index contributed by atoms with van der Waals surface area (Å²) in [6, 6.07) is 9.29. The molecule has 7 atom stereocenters. The fourth-order valence-electron chi connectivity index (χ4n) is 6.28. The number of nitrogens with two attached hydrogens (primary N) is 3. The molecule has 336 valence electrons. The van der Waals surface area contributed by atoms with Crippen LogP contribution in [-0.2, 0) is 51.2 Å². The highest BCUT2D eigenvalue weighted by molar-refractivity contribution is 5.97. The van der Waals surface area contributed by atoms with Gasteiger partial charge >= 0.3 is 5.97 Å². The molecule has 0 aliphatic rings. The molecule has 61 heavy (non-hydrogen) atoms. The van der Waals surface area contributed by atoms with Gasteiger partial charge in [-0.3, -0.25) is 33.6 Å². The largest absolute Gasteiger partial charge is 0.480 e. The van der Waals surface area contributed by atoms with E-state index in [4.69, 9.17) is 17.2 Å². The van der Waals surface area contributed by atoms with Gasteiger partial charge in [0.1, 0.15) is 36.3 Å². The van der Waals surface area contributed by atoms with Crippen LogP contribution in [0.3, 0.4) is 0 Å². The van der Waals surface area contributed by atoms with E-state index in [1.54, 1.807) is 74.5 Å². The zero-order valence-corrected chi connectivity index (χ0v) is 35.8. The first-order valence-corrected chi connectivity index (χ1v) is 20.7. The van der Waals surface area contributed by atoms with Crippen LogP contribution in [0.4, 0.5) is 0 Å². The van der Waals surface area contributed by atoms with Crippen molar-refractivity contribution in [3.8, 4) is 0 Å². The van der Waals surface area contributed by atoms with Crippen LogP contribution in [0.1, 0.15) is 84.3 Å². The second-order valence-corrected chi connectivity index (χ2v) is 15.9. The molecule has 0 aromatic heterocycles. The minimum atomic E-state index is -1.45. The number of hydrogen-bond acceptors (Lipinski definition) is 10. The van der Waals surface area contributed by atoms with Crippen LogP contribution < -0.4 is 49.1 Å². The van der Waals surface area contributed by atoms with Crippen LogP contribution in [0.15, 0.2) is 60.7 Å². The third kappa shape index (κ3) is 18.9. The van der Waals surface area contributed by atoms with Crippen LogP contribution >= 0.6 is 0 Å². The van der Waals surface area contributed by atoms with Gasteiger partial charge in [-0.1, -0.05) is 94.8 Å². The molecule has 0 bridgehead atoms. The molecule has 0 aliphatic heterocycles. The minimum absolute atomic E-state index is 0.00832. The summed E-state index contributed by atoms with van der Waals surface area (Å²) in [5.41, 5.74) is 18.1. The number of primary amides is 1. The van der Waals surface area contributed by atoms with Gasteiger partial charge in [0.25, 0.3) is 0 Å². The van der Waals surface area contributed by atoms with E-state index in [1.807, 2.05) is 13.8 Å². The summed E-state index contributed by atoms with van der Waals surface area (Å²) in [7, 11) is 0. The molecular formula is C43H65N9O9. The third-order valence-corrected chi connectivity index (χ3v) is 9.77. The van der Waals surface area contributed by atoms with Crippen molar-refractivity contribution >= 4 is 47.3 Å². The lowest BCUT2D eigenvalue weighted by atomic mass is 9.98. The van der Waals surface area contributed by atoms with Crippen LogP contribution in [-0.4, -0.2) is 101 Å². The summed E-state index contributed by atoms with van der Waals surface area (Å²) in [5, 5.41) is 25.4. The highest BCUT2D eigenvalue weighted by atomic mass is 16.4. The van der Waals surface area contributed by atoms with Crippen molar-refractivity contribution in [3.63, 3.8) is 0 Å². The molecule has 2 aromatic rings. The summed E-state index contributed by atoms with van der Waals surface area (Å²) in [6.07, 6.45) is 1.39. The van der Waals surface area contributed by atoms with Crippen molar-refractivity contribution in [2.75, 3.05) is 6.54 Å². The quantitative estimate of drug-likeness (QED) is 0.0530. The van der Waals surface area contributed by atoms with Crippen LogP contribution in [0.25, 0.3) is 0 Å². The third-order valence-electron chi connectivity index (χ3n) is 9.77. The van der Waals surface area contributed by atoms with Gasteiger partial charge in [0, 0.05) is 19.3 Å². The minimum Gasteiger partial charge on any atom is -0.480 e. The summed E-state index contributed by atoms with van der Waals surface area (Å²) < 4.78 is 0. The number of aliphatic carboxylic acids is 1. The maximum absolute atomic E-state index is 14.2. The topological polar surface area (TPSA) is 307 Å². The SMILES string of the molecule is CC(C)C[C@@H](NC(=O)[C@H](N)CCCCN)C(=O)N[C@@H](C(=O)N[C@H](Cc1ccccc1)C(=O)N[C@H](Cc1ccccc1)C(=O)N[C@H](C)C(=O)N[C@H](CCC(N)=O)C(=O)O)C(C)C. The number of unbranched alkanes of at least 4 members (excludes halogenated alkanes) is 1. The Kier molecular flexibility index (Phi) is 22.1. The van der Waals surface area contributed by atoms with Gasteiger partial charge < -0.3 is 54.2 Å². The first kappa shape index (κ1) is 51.3. The molecule has 2 aromatic carbocycles. The second-order valence-electron chi connectivity index (χ2n) is 15.9. The number of rotatable bonds is 27. The lowest BCUT2D eigenvalue weighted by molar-refractivity contribution is -0.142. The molecule has 0 spiro atoms. The van der Waals surface area contributed by atoms with E-state index in [-0.39, 0.29) is 38.0 Å². The number of amides is 7. The highest BCUT2D eigenvalue weighted by Gasteiger charge is 2.34. The molecule has 18 nitrogen and oxygen atoms in total. The van der Waals surface area contributed by atoms with Crippen molar-refractivity contribution in [1.29, 1.82) is 0 Å². The van der Waals surface area contributed by atoms with E-state index >= 15 is 0 Å². The molecule has 0 aliphatic carbocycles. The maximum Gasteiger partial charge on any atom is 0.326 e. The predicted molar refractivity (Wildman–Crippen MR) is 229 cm³/mol. The molecule has 18 heteroatoms. The predicted octanol–water partition coefficient (Wildman–Crippen LogP) is -0.0910. The van der Waals surface area contributed by atoms with Crippen molar-refractivity contribution < 1.29 is 43.5 Å². The first-order chi connectivity index (χ1) is 28.8. The van der Waals surface area contributed by atoms with Gasteiger partial charge in [0.2, 0.25) is 41.4 Å². The first-order valence-electron chi connectivity index (χ1n) is 20.7. The van der Waals surface area contributed by atoms with Crippen LogP contribution in [0, 0.1) is 11.8 Å². The maximum atomic E-state index is 14.2. The van der Waals surface area contributed by atoms with Gasteiger partial charge in [-0.05, 0) is 62.1 Å². The van der Waals surface area contributed by atoms with E-state index in [0.29, 0.717) is 36.9 Å². The molecule has 2 rings (SSSR count). The van der Waals surface area contributed by atoms with Crippen molar-refractivity contribution in [1.82, 2.24) is 31.9 Å². The average molecular weight is 852 g/mol. The lowest BCUT2D eigenvalue weighted by Gasteiger charge is -2.29. The number of carbonyl (C=O) groups is 8. The van der Waals surface area contributed by atoms with Gasteiger partial charge in [0.15, 0.2) is 0 Å². The Labute approximate surface area is 357 Å². The highest BCUT2D eigenvalue weighted by Crippen LogP contribution is 2.12. The molecule has 7 amide bonds. The van der Waals surface area contributed by atoms with Crippen LogP contribution in [0.2, 0.25) is 0 Å². The molecule has 0 saturated carbocycles. The Morgan fingerprint density at radius 3 is 1.52 bits per heavy atom. The molecule has 0 radical (unpaired) electrons.